The Morgan fingerprint density at radius 3 is 1.69 bits per heavy atom. The van der Waals surface area contributed by atoms with Crippen molar-refractivity contribution < 1.29 is 0 Å². The molecule has 2 atom stereocenters. The van der Waals surface area contributed by atoms with Gasteiger partial charge in [-0.15, -0.1) is 0 Å². The molecule has 1 unspecified atom stereocenters. The Hall–Kier alpha value is -1.68. The molecule has 0 amide bonds. The van der Waals surface area contributed by atoms with Gasteiger partial charge in [-0.1, -0.05) is 74.5 Å². The fourth-order valence-corrected chi connectivity index (χ4v) is 3.69. The highest BCUT2D eigenvalue weighted by molar-refractivity contribution is 5.16. The molecule has 5 N–H and O–H groups in total. The molecule has 0 fully saturated rings. The van der Waals surface area contributed by atoms with Crippen LogP contribution in [-0.2, 0) is 12.8 Å². The van der Waals surface area contributed by atoms with Gasteiger partial charge in [0.25, 0.3) is 0 Å². The molecule has 0 saturated carbocycles. The van der Waals surface area contributed by atoms with Gasteiger partial charge in [0.1, 0.15) is 0 Å². The third-order valence-corrected chi connectivity index (χ3v) is 5.93. The van der Waals surface area contributed by atoms with Gasteiger partial charge in [-0.3, -0.25) is 0 Å². The Morgan fingerprint density at radius 1 is 0.690 bits per heavy atom. The van der Waals surface area contributed by atoms with Crippen molar-refractivity contribution in [1.82, 2.24) is 5.32 Å². The van der Waals surface area contributed by atoms with Crippen LogP contribution in [0.15, 0.2) is 60.7 Å². The summed E-state index contributed by atoms with van der Waals surface area (Å²) >= 11 is 0. The van der Waals surface area contributed by atoms with Crippen LogP contribution in [0.3, 0.4) is 0 Å². The van der Waals surface area contributed by atoms with Crippen LogP contribution in [0.5, 0.6) is 0 Å². The summed E-state index contributed by atoms with van der Waals surface area (Å²) in [6.45, 7) is 6.26. The maximum Gasteiger partial charge on any atom is 0.0165 e. The van der Waals surface area contributed by atoms with E-state index in [1.807, 2.05) is 0 Å². The number of nitrogens with two attached hydrogens (primary N) is 2. The first-order valence-corrected chi connectivity index (χ1v) is 11.3. The molecular formula is C26H41N3. The van der Waals surface area contributed by atoms with Gasteiger partial charge < -0.3 is 16.8 Å². The Bertz CT molecular complexity index is 598. The summed E-state index contributed by atoms with van der Waals surface area (Å²) in [6.07, 6.45) is 6.68. The molecule has 0 heterocycles. The van der Waals surface area contributed by atoms with E-state index in [4.69, 9.17) is 11.5 Å². The Labute approximate surface area is 178 Å². The number of nitrogens with one attached hydrogen (secondary N) is 1. The van der Waals surface area contributed by atoms with E-state index in [2.05, 4.69) is 79.8 Å². The van der Waals surface area contributed by atoms with Crippen LogP contribution in [0.25, 0.3) is 0 Å². The van der Waals surface area contributed by atoms with Crippen molar-refractivity contribution in [2.45, 2.75) is 64.5 Å². The standard InChI is InChI=1S/C26H41N3/c1-21(2)26(28)18-17-25(27)20-29-19-24(15-13-22-9-5-3-6-10-22)16-14-23-11-7-4-8-12-23/h3-12,21,24-26,29H,13-20,27-28H2,1-2H3/t25-,26?/m0/s1. The molecule has 160 valence electrons. The highest BCUT2D eigenvalue weighted by Crippen LogP contribution is 2.16. The molecule has 2 aromatic carbocycles. The Balaban J connectivity index is 1.77. The monoisotopic (exact) mass is 395 g/mol. The van der Waals surface area contributed by atoms with Crippen LogP contribution in [0, 0.1) is 11.8 Å². The molecule has 2 rings (SSSR count). The zero-order valence-corrected chi connectivity index (χ0v) is 18.4. The second-order valence-corrected chi connectivity index (χ2v) is 8.82. The lowest BCUT2D eigenvalue weighted by molar-refractivity contribution is 0.390. The molecule has 29 heavy (non-hydrogen) atoms. The second-order valence-electron chi connectivity index (χ2n) is 8.82. The molecule has 0 aromatic heterocycles. The van der Waals surface area contributed by atoms with Gasteiger partial charge in [-0.25, -0.2) is 0 Å². The smallest absolute Gasteiger partial charge is 0.0165 e. The average molecular weight is 396 g/mol. The first-order valence-electron chi connectivity index (χ1n) is 11.3. The summed E-state index contributed by atoms with van der Waals surface area (Å²) in [7, 11) is 0. The van der Waals surface area contributed by atoms with E-state index in [1.165, 1.54) is 24.0 Å². The quantitative estimate of drug-likeness (QED) is 0.440. The zero-order chi connectivity index (χ0) is 20.9. The van der Waals surface area contributed by atoms with Crippen LogP contribution >= 0.6 is 0 Å². The van der Waals surface area contributed by atoms with Crippen LogP contribution in [-0.4, -0.2) is 25.2 Å². The number of benzene rings is 2. The highest BCUT2D eigenvalue weighted by Gasteiger charge is 2.13. The van der Waals surface area contributed by atoms with E-state index < -0.39 is 0 Å². The predicted molar refractivity (Wildman–Crippen MR) is 126 cm³/mol. The van der Waals surface area contributed by atoms with E-state index in [1.54, 1.807) is 0 Å². The van der Waals surface area contributed by atoms with Crippen molar-refractivity contribution in [2.75, 3.05) is 13.1 Å². The van der Waals surface area contributed by atoms with Gasteiger partial charge >= 0.3 is 0 Å². The van der Waals surface area contributed by atoms with Gasteiger partial charge in [-0.05, 0) is 68.0 Å². The summed E-state index contributed by atoms with van der Waals surface area (Å²) < 4.78 is 0. The normalized spacial score (nSPS) is 13.7. The van der Waals surface area contributed by atoms with Crippen molar-refractivity contribution in [3.8, 4) is 0 Å². The minimum absolute atomic E-state index is 0.184. The minimum atomic E-state index is 0.184. The van der Waals surface area contributed by atoms with Gasteiger partial charge in [0.15, 0.2) is 0 Å². The highest BCUT2D eigenvalue weighted by atomic mass is 14.9. The predicted octanol–water partition coefficient (Wildman–Crippen LogP) is 4.55. The molecule has 0 aliphatic rings. The van der Waals surface area contributed by atoms with Crippen LogP contribution in [0.1, 0.15) is 50.7 Å². The average Bonchev–Trinajstić information content (AvgIpc) is 2.74. The number of aryl methyl sites for hydroxylation is 2. The van der Waals surface area contributed by atoms with Gasteiger partial charge in [0, 0.05) is 18.6 Å². The fraction of sp³-hybridized carbons (Fsp3) is 0.538. The number of hydrogen-bond acceptors (Lipinski definition) is 3. The summed E-state index contributed by atoms with van der Waals surface area (Å²) in [4.78, 5) is 0. The molecule has 0 aliphatic heterocycles. The SMILES string of the molecule is CC(C)C(N)CC[C@H](N)CNCC(CCc1ccccc1)CCc1ccccc1. The summed E-state index contributed by atoms with van der Waals surface area (Å²) in [5.74, 6) is 1.18. The summed E-state index contributed by atoms with van der Waals surface area (Å²) in [6, 6.07) is 22.1. The van der Waals surface area contributed by atoms with E-state index in [9.17, 15) is 0 Å². The Kier molecular flexibility index (Phi) is 11.0. The molecule has 0 bridgehead atoms. The van der Waals surface area contributed by atoms with Gasteiger partial charge in [-0.2, -0.15) is 0 Å². The summed E-state index contributed by atoms with van der Waals surface area (Å²) in [5.41, 5.74) is 15.3. The maximum absolute atomic E-state index is 6.32. The van der Waals surface area contributed by atoms with Crippen LogP contribution in [0.4, 0.5) is 0 Å². The third-order valence-electron chi connectivity index (χ3n) is 5.93. The lowest BCUT2D eigenvalue weighted by atomic mass is 9.93. The molecule has 2 aromatic rings. The molecule has 0 saturated heterocycles. The van der Waals surface area contributed by atoms with Gasteiger partial charge in [0.2, 0.25) is 0 Å². The molecule has 0 radical (unpaired) electrons. The molecule has 0 spiro atoms. The van der Waals surface area contributed by atoms with E-state index >= 15 is 0 Å². The second kappa shape index (κ2) is 13.5. The first-order chi connectivity index (χ1) is 14.0. The minimum Gasteiger partial charge on any atom is -0.327 e. The molecule has 3 heteroatoms. The lowest BCUT2D eigenvalue weighted by Crippen LogP contribution is -2.38. The van der Waals surface area contributed by atoms with Crippen molar-refractivity contribution in [3.05, 3.63) is 71.8 Å². The van der Waals surface area contributed by atoms with Crippen molar-refractivity contribution in [2.24, 2.45) is 23.3 Å². The number of rotatable bonds is 14. The molecule has 3 nitrogen and oxygen atoms in total. The van der Waals surface area contributed by atoms with E-state index in [-0.39, 0.29) is 12.1 Å². The fourth-order valence-electron chi connectivity index (χ4n) is 3.69. The third kappa shape index (κ3) is 10.1. The topological polar surface area (TPSA) is 64.1 Å². The lowest BCUT2D eigenvalue weighted by Gasteiger charge is -2.21. The van der Waals surface area contributed by atoms with Crippen LogP contribution in [0.2, 0.25) is 0 Å². The number of hydrogen-bond donors (Lipinski definition) is 3. The Morgan fingerprint density at radius 2 is 1.21 bits per heavy atom. The largest absolute Gasteiger partial charge is 0.327 e. The molecular weight excluding hydrogens is 354 g/mol. The summed E-state index contributed by atoms with van der Waals surface area (Å²) in [5, 5.41) is 3.64. The first kappa shape index (κ1) is 23.6. The van der Waals surface area contributed by atoms with E-state index in [0.29, 0.717) is 11.8 Å². The van der Waals surface area contributed by atoms with Crippen molar-refractivity contribution in [3.63, 3.8) is 0 Å². The van der Waals surface area contributed by atoms with E-state index in [0.717, 1.165) is 38.8 Å². The maximum atomic E-state index is 6.32. The zero-order valence-electron chi connectivity index (χ0n) is 18.4. The van der Waals surface area contributed by atoms with Crippen molar-refractivity contribution >= 4 is 0 Å². The van der Waals surface area contributed by atoms with Crippen molar-refractivity contribution in [1.29, 1.82) is 0 Å². The van der Waals surface area contributed by atoms with Gasteiger partial charge in [0.05, 0.1) is 0 Å². The van der Waals surface area contributed by atoms with Crippen LogP contribution < -0.4 is 16.8 Å². The molecule has 0 aliphatic carbocycles.